The summed E-state index contributed by atoms with van der Waals surface area (Å²) in [5.41, 5.74) is 1.16. The van der Waals surface area contributed by atoms with Crippen molar-refractivity contribution in [3.63, 3.8) is 0 Å². The number of rotatable bonds is 7. The van der Waals surface area contributed by atoms with Gasteiger partial charge in [0.2, 0.25) is 10.0 Å². The Hall–Kier alpha value is -2.23. The van der Waals surface area contributed by atoms with Crippen LogP contribution in [0.5, 0.6) is 0 Å². The normalized spacial score (nSPS) is 13.0. The second-order valence-corrected chi connectivity index (χ2v) is 8.55. The van der Waals surface area contributed by atoms with Gasteiger partial charge in [0, 0.05) is 29.4 Å². The molecule has 3 rings (SSSR count). The molecule has 1 amide bonds. The maximum atomic E-state index is 12.2. The summed E-state index contributed by atoms with van der Waals surface area (Å²) in [6.45, 7) is 4.02. The minimum Gasteiger partial charge on any atom is -0.346 e. The van der Waals surface area contributed by atoms with Gasteiger partial charge in [-0.05, 0) is 37.6 Å². The molecule has 0 fully saturated rings. The fraction of sp³-hybridized carbons (Fsp3) is 0.294. The van der Waals surface area contributed by atoms with E-state index in [-0.39, 0.29) is 16.8 Å². The van der Waals surface area contributed by atoms with Crippen LogP contribution in [0, 0.1) is 0 Å². The zero-order valence-corrected chi connectivity index (χ0v) is 16.1. The van der Waals surface area contributed by atoms with Crippen molar-refractivity contribution in [2.45, 2.75) is 37.8 Å². The molecule has 1 unspecified atom stereocenters. The number of hydrogen-bond donors (Lipinski definition) is 2. The van der Waals surface area contributed by atoms with Crippen LogP contribution in [-0.2, 0) is 16.6 Å². The molecule has 138 valence electrons. The van der Waals surface area contributed by atoms with Gasteiger partial charge in [0.1, 0.15) is 0 Å². The summed E-state index contributed by atoms with van der Waals surface area (Å²) in [4.78, 5) is 17.7. The van der Waals surface area contributed by atoms with Crippen LogP contribution >= 0.6 is 11.3 Å². The van der Waals surface area contributed by atoms with Crippen LogP contribution in [-0.4, -0.2) is 29.8 Å². The third kappa shape index (κ3) is 4.12. The van der Waals surface area contributed by atoms with Crippen molar-refractivity contribution < 1.29 is 13.2 Å². The average Bonchev–Trinajstić information content (AvgIpc) is 3.21. The molecule has 0 aliphatic carbocycles. The number of sulfonamides is 1. The summed E-state index contributed by atoms with van der Waals surface area (Å²) in [7, 11) is -3.57. The summed E-state index contributed by atoms with van der Waals surface area (Å²) >= 11 is 1.52. The number of carbonyl (C=O) groups is 1. The molecule has 3 aromatic rings. The molecule has 0 aliphatic rings. The Morgan fingerprint density at radius 2 is 2.04 bits per heavy atom. The molecule has 0 saturated heterocycles. The van der Waals surface area contributed by atoms with Crippen LogP contribution in [0.15, 0.2) is 46.9 Å². The lowest BCUT2D eigenvalue weighted by Gasteiger charge is -2.12. The number of fused-ring (bicyclic) bond motifs is 1. The Labute approximate surface area is 156 Å². The highest BCUT2D eigenvalue weighted by molar-refractivity contribution is 7.89. The van der Waals surface area contributed by atoms with Gasteiger partial charge in [0.15, 0.2) is 4.96 Å². The zero-order chi connectivity index (χ0) is 18.7. The summed E-state index contributed by atoms with van der Waals surface area (Å²) in [5.74, 6) is -0.278. The van der Waals surface area contributed by atoms with Crippen molar-refractivity contribution in [3.05, 3.63) is 53.3 Å². The zero-order valence-electron chi connectivity index (χ0n) is 14.5. The Morgan fingerprint density at radius 3 is 2.69 bits per heavy atom. The predicted octanol–water partition coefficient (Wildman–Crippen LogP) is 2.40. The molecule has 0 saturated carbocycles. The highest BCUT2D eigenvalue weighted by Crippen LogP contribution is 2.13. The summed E-state index contributed by atoms with van der Waals surface area (Å²) in [6.07, 6.45) is 4.47. The van der Waals surface area contributed by atoms with E-state index in [1.54, 1.807) is 6.92 Å². The monoisotopic (exact) mass is 392 g/mol. The molecule has 26 heavy (non-hydrogen) atoms. The Kier molecular flexibility index (Phi) is 5.40. The van der Waals surface area contributed by atoms with E-state index in [0.717, 1.165) is 10.7 Å². The van der Waals surface area contributed by atoms with Gasteiger partial charge in [-0.15, -0.1) is 11.3 Å². The van der Waals surface area contributed by atoms with E-state index in [2.05, 4.69) is 15.0 Å². The van der Waals surface area contributed by atoms with Gasteiger partial charge in [-0.3, -0.25) is 9.20 Å². The lowest BCUT2D eigenvalue weighted by molar-refractivity contribution is 0.0950. The molecule has 1 aromatic carbocycles. The van der Waals surface area contributed by atoms with Crippen LogP contribution in [0.25, 0.3) is 4.96 Å². The van der Waals surface area contributed by atoms with Gasteiger partial charge in [-0.2, -0.15) is 0 Å². The number of carbonyl (C=O) groups excluding carboxylic acids is 1. The summed E-state index contributed by atoms with van der Waals surface area (Å²) in [5, 5.41) is 4.73. The fourth-order valence-corrected chi connectivity index (χ4v) is 4.38. The van der Waals surface area contributed by atoms with Crippen molar-refractivity contribution >= 4 is 32.2 Å². The van der Waals surface area contributed by atoms with Crippen molar-refractivity contribution in [2.75, 3.05) is 0 Å². The molecule has 0 bridgehead atoms. The first-order chi connectivity index (χ1) is 12.4. The van der Waals surface area contributed by atoms with Crippen LogP contribution in [0.4, 0.5) is 0 Å². The highest BCUT2D eigenvalue weighted by Gasteiger charge is 2.17. The molecule has 9 heteroatoms. The van der Waals surface area contributed by atoms with Crippen molar-refractivity contribution in [1.82, 2.24) is 19.4 Å². The maximum absolute atomic E-state index is 12.2. The molecule has 0 aliphatic heterocycles. The van der Waals surface area contributed by atoms with E-state index in [9.17, 15) is 13.2 Å². The number of imidazole rings is 1. The molecule has 2 aromatic heterocycles. The van der Waals surface area contributed by atoms with Crippen LogP contribution in [0.2, 0.25) is 0 Å². The van der Waals surface area contributed by atoms with Gasteiger partial charge in [-0.1, -0.05) is 6.92 Å². The highest BCUT2D eigenvalue weighted by atomic mass is 32.2. The standard InChI is InChI=1S/C17H20N4O3S2/c1-3-12(2)20-26(23,24)15-6-4-13(5-7-15)16(22)18-10-14-11-21-8-9-25-17(21)19-14/h4-9,11-12,20H,3,10H2,1-2H3,(H,18,22). The van der Waals surface area contributed by atoms with Crippen molar-refractivity contribution in [3.8, 4) is 0 Å². The molecule has 0 radical (unpaired) electrons. The van der Waals surface area contributed by atoms with E-state index in [4.69, 9.17) is 0 Å². The average molecular weight is 393 g/mol. The molecule has 0 spiro atoms. The Bertz CT molecular complexity index is 978. The maximum Gasteiger partial charge on any atom is 0.251 e. The molecular weight excluding hydrogens is 372 g/mol. The lowest BCUT2D eigenvalue weighted by atomic mass is 10.2. The first-order valence-corrected chi connectivity index (χ1v) is 10.6. The number of benzene rings is 1. The number of nitrogens with zero attached hydrogens (tertiary/aromatic N) is 2. The SMILES string of the molecule is CCC(C)NS(=O)(=O)c1ccc(C(=O)NCc2cn3ccsc3n2)cc1. The van der Waals surface area contributed by atoms with E-state index in [1.807, 2.05) is 29.1 Å². The van der Waals surface area contributed by atoms with Crippen LogP contribution in [0.3, 0.4) is 0 Å². The van der Waals surface area contributed by atoms with Crippen LogP contribution in [0.1, 0.15) is 36.3 Å². The van der Waals surface area contributed by atoms with Gasteiger partial charge in [0.05, 0.1) is 17.1 Å². The number of thiazole rings is 1. The van der Waals surface area contributed by atoms with E-state index >= 15 is 0 Å². The number of amides is 1. The quantitative estimate of drug-likeness (QED) is 0.646. The molecule has 7 nitrogen and oxygen atoms in total. The van der Waals surface area contributed by atoms with E-state index in [1.165, 1.54) is 35.6 Å². The molecule has 2 N–H and O–H groups in total. The van der Waals surface area contributed by atoms with Gasteiger partial charge < -0.3 is 5.32 Å². The molecular formula is C17H20N4O3S2. The smallest absolute Gasteiger partial charge is 0.251 e. The lowest BCUT2D eigenvalue weighted by Crippen LogP contribution is -2.32. The summed E-state index contributed by atoms with van der Waals surface area (Å²) < 4.78 is 29.0. The fourth-order valence-electron chi connectivity index (χ4n) is 2.34. The van der Waals surface area contributed by atoms with Gasteiger partial charge in [-0.25, -0.2) is 18.1 Å². The van der Waals surface area contributed by atoms with Crippen LogP contribution < -0.4 is 10.0 Å². The Morgan fingerprint density at radius 1 is 1.31 bits per heavy atom. The topological polar surface area (TPSA) is 92.6 Å². The second-order valence-electron chi connectivity index (χ2n) is 5.96. The first kappa shape index (κ1) is 18.6. The number of nitrogens with one attached hydrogen (secondary N) is 2. The minimum absolute atomic E-state index is 0.142. The minimum atomic E-state index is -3.57. The largest absolute Gasteiger partial charge is 0.346 e. The first-order valence-electron chi connectivity index (χ1n) is 8.20. The van der Waals surface area contributed by atoms with Gasteiger partial charge >= 0.3 is 0 Å². The predicted molar refractivity (Wildman–Crippen MR) is 101 cm³/mol. The third-order valence-electron chi connectivity index (χ3n) is 3.97. The second kappa shape index (κ2) is 7.56. The molecule has 1 atom stereocenters. The van der Waals surface area contributed by atoms with Crippen molar-refractivity contribution in [1.29, 1.82) is 0 Å². The van der Waals surface area contributed by atoms with Crippen molar-refractivity contribution in [2.24, 2.45) is 0 Å². The summed E-state index contributed by atoms with van der Waals surface area (Å²) in [6, 6.07) is 5.74. The van der Waals surface area contributed by atoms with Gasteiger partial charge in [0.25, 0.3) is 5.91 Å². The van der Waals surface area contributed by atoms with E-state index in [0.29, 0.717) is 18.5 Å². The Balaban J connectivity index is 1.64. The third-order valence-corrected chi connectivity index (χ3v) is 6.34. The number of hydrogen-bond acceptors (Lipinski definition) is 5. The molecule has 2 heterocycles. The number of aromatic nitrogens is 2. The van der Waals surface area contributed by atoms with E-state index < -0.39 is 10.0 Å².